The maximum absolute atomic E-state index is 2.89. The van der Waals surface area contributed by atoms with E-state index in [2.05, 4.69) is 6.07 Å². The fourth-order valence-electron chi connectivity index (χ4n) is 0.342. The SMILES string of the molecule is O.[c]1ccccc1. The normalized spacial score (nSPS) is 6.86. The minimum absolute atomic E-state index is 0. The molecule has 7 heavy (non-hydrogen) atoms. The average Bonchev–Trinajstić information content (AvgIpc) is 1.72. The standard InChI is InChI=1S/C6H5.H2O/c1-2-4-6-5-3-1;/h1-5H;1H2. The molecule has 1 aromatic carbocycles. The van der Waals surface area contributed by atoms with Gasteiger partial charge in [-0.2, -0.15) is 0 Å². The van der Waals surface area contributed by atoms with Crippen molar-refractivity contribution < 1.29 is 5.48 Å². The second-order valence-corrected chi connectivity index (χ2v) is 1.08. The molecule has 0 spiro atoms. The third kappa shape index (κ3) is 1.95. The van der Waals surface area contributed by atoms with Crippen LogP contribution in [-0.2, 0) is 0 Å². The summed E-state index contributed by atoms with van der Waals surface area (Å²) in [4.78, 5) is 0. The molecule has 0 aromatic heterocycles. The van der Waals surface area contributed by atoms with Gasteiger partial charge in [-0.25, -0.2) is 0 Å². The van der Waals surface area contributed by atoms with E-state index in [-0.39, 0.29) is 5.48 Å². The molecule has 0 aliphatic carbocycles. The van der Waals surface area contributed by atoms with Crippen molar-refractivity contribution in [1.29, 1.82) is 0 Å². The van der Waals surface area contributed by atoms with Crippen molar-refractivity contribution in [1.82, 2.24) is 0 Å². The van der Waals surface area contributed by atoms with Gasteiger partial charge in [0, 0.05) is 0 Å². The van der Waals surface area contributed by atoms with Crippen LogP contribution in [0.25, 0.3) is 0 Å². The van der Waals surface area contributed by atoms with Gasteiger partial charge in [-0.3, -0.25) is 0 Å². The quantitative estimate of drug-likeness (QED) is 0.453. The van der Waals surface area contributed by atoms with E-state index in [0.29, 0.717) is 0 Å². The molecule has 2 N–H and O–H groups in total. The van der Waals surface area contributed by atoms with Crippen LogP contribution in [0.4, 0.5) is 0 Å². The highest BCUT2D eigenvalue weighted by Crippen LogP contribution is 1.78. The second kappa shape index (κ2) is 3.37. The van der Waals surface area contributed by atoms with Gasteiger partial charge in [0.2, 0.25) is 0 Å². The molecule has 0 bridgehead atoms. The van der Waals surface area contributed by atoms with Gasteiger partial charge in [0.25, 0.3) is 0 Å². The Labute approximate surface area is 42.9 Å². The summed E-state index contributed by atoms with van der Waals surface area (Å²) in [5, 5.41) is 0. The first kappa shape index (κ1) is 6.18. The third-order valence-electron chi connectivity index (χ3n) is 0.607. The van der Waals surface area contributed by atoms with Crippen molar-refractivity contribution in [2.75, 3.05) is 0 Å². The topological polar surface area (TPSA) is 31.5 Å². The zero-order chi connectivity index (χ0) is 4.24. The van der Waals surface area contributed by atoms with Crippen LogP contribution in [-0.4, -0.2) is 5.48 Å². The highest BCUT2D eigenvalue weighted by Gasteiger charge is 1.58. The first-order valence-corrected chi connectivity index (χ1v) is 1.91. The Balaban J connectivity index is 0.000000360. The molecule has 0 fully saturated rings. The minimum atomic E-state index is 0. The molecule has 0 atom stereocenters. The fraction of sp³-hybridized carbons (Fsp3) is 0. The van der Waals surface area contributed by atoms with Crippen LogP contribution >= 0.6 is 0 Å². The number of hydrogen-bond donors (Lipinski definition) is 0. The Kier molecular flexibility index (Phi) is 2.98. The van der Waals surface area contributed by atoms with Crippen molar-refractivity contribution in [3.05, 3.63) is 36.4 Å². The lowest BCUT2D eigenvalue weighted by molar-refractivity contribution is 0.824. The van der Waals surface area contributed by atoms with Crippen molar-refractivity contribution in [2.24, 2.45) is 0 Å². The van der Waals surface area contributed by atoms with Gasteiger partial charge in [-0.15, -0.1) is 0 Å². The van der Waals surface area contributed by atoms with Crippen molar-refractivity contribution in [3.8, 4) is 0 Å². The summed E-state index contributed by atoms with van der Waals surface area (Å²) in [6, 6.07) is 12.5. The van der Waals surface area contributed by atoms with Gasteiger partial charge in [0.05, 0.1) is 0 Å². The van der Waals surface area contributed by atoms with Gasteiger partial charge in [0.1, 0.15) is 0 Å². The Morgan fingerprint density at radius 1 is 0.857 bits per heavy atom. The summed E-state index contributed by atoms with van der Waals surface area (Å²) in [6.45, 7) is 0. The molecule has 0 saturated carbocycles. The van der Waals surface area contributed by atoms with E-state index in [1.807, 2.05) is 30.3 Å². The summed E-state index contributed by atoms with van der Waals surface area (Å²) < 4.78 is 0. The molecule has 1 rings (SSSR count). The van der Waals surface area contributed by atoms with Crippen molar-refractivity contribution in [2.45, 2.75) is 0 Å². The summed E-state index contributed by atoms with van der Waals surface area (Å²) in [5.74, 6) is 0. The van der Waals surface area contributed by atoms with Crippen LogP contribution in [0.1, 0.15) is 0 Å². The Morgan fingerprint density at radius 2 is 1.43 bits per heavy atom. The first-order chi connectivity index (χ1) is 3.00. The predicted octanol–water partition coefficient (Wildman–Crippen LogP) is 0.662. The number of benzene rings is 1. The molecule has 1 radical (unpaired) electrons. The summed E-state index contributed by atoms with van der Waals surface area (Å²) in [5.41, 5.74) is 0. The predicted molar refractivity (Wildman–Crippen MR) is 28.9 cm³/mol. The Bertz CT molecular complexity index is 76.1. The van der Waals surface area contributed by atoms with E-state index >= 15 is 0 Å². The van der Waals surface area contributed by atoms with Crippen LogP contribution in [0, 0.1) is 6.07 Å². The Hall–Kier alpha value is -0.820. The van der Waals surface area contributed by atoms with Crippen LogP contribution in [0.2, 0.25) is 0 Å². The zero-order valence-electron chi connectivity index (χ0n) is 3.89. The highest BCUT2D eigenvalue weighted by atomic mass is 16.0. The fourth-order valence-corrected chi connectivity index (χ4v) is 0.342. The van der Waals surface area contributed by atoms with Crippen molar-refractivity contribution in [3.63, 3.8) is 0 Å². The summed E-state index contributed by atoms with van der Waals surface area (Å²) >= 11 is 0. The van der Waals surface area contributed by atoms with Gasteiger partial charge < -0.3 is 5.48 Å². The molecule has 37 valence electrons. The number of rotatable bonds is 0. The monoisotopic (exact) mass is 95.0 g/mol. The zero-order valence-corrected chi connectivity index (χ0v) is 3.89. The molecule has 0 heterocycles. The van der Waals surface area contributed by atoms with Crippen LogP contribution in [0.3, 0.4) is 0 Å². The molecular formula is C6H7O. The smallest absolute Gasteiger partial charge is 0.0184 e. The van der Waals surface area contributed by atoms with Gasteiger partial charge in [-0.1, -0.05) is 30.3 Å². The molecule has 1 nitrogen and oxygen atoms in total. The molecule has 0 aliphatic heterocycles. The van der Waals surface area contributed by atoms with E-state index in [1.54, 1.807) is 0 Å². The van der Waals surface area contributed by atoms with E-state index in [0.717, 1.165) is 0 Å². The molecule has 0 unspecified atom stereocenters. The maximum atomic E-state index is 2.89. The van der Waals surface area contributed by atoms with E-state index in [4.69, 9.17) is 0 Å². The van der Waals surface area contributed by atoms with Crippen molar-refractivity contribution >= 4 is 0 Å². The van der Waals surface area contributed by atoms with Crippen LogP contribution in [0.5, 0.6) is 0 Å². The van der Waals surface area contributed by atoms with E-state index in [9.17, 15) is 0 Å². The lowest BCUT2D eigenvalue weighted by Crippen LogP contribution is -1.49. The van der Waals surface area contributed by atoms with Gasteiger partial charge >= 0.3 is 0 Å². The lowest BCUT2D eigenvalue weighted by Gasteiger charge is -1.68. The third-order valence-corrected chi connectivity index (χ3v) is 0.607. The molecule has 0 aliphatic rings. The van der Waals surface area contributed by atoms with Gasteiger partial charge in [0.15, 0.2) is 0 Å². The molecular weight excluding hydrogens is 88.1 g/mol. The summed E-state index contributed by atoms with van der Waals surface area (Å²) in [6.07, 6.45) is 0. The van der Waals surface area contributed by atoms with Crippen LogP contribution in [0.15, 0.2) is 30.3 Å². The first-order valence-electron chi connectivity index (χ1n) is 1.91. The average molecular weight is 95.1 g/mol. The second-order valence-electron chi connectivity index (χ2n) is 1.08. The van der Waals surface area contributed by atoms with E-state index < -0.39 is 0 Å². The van der Waals surface area contributed by atoms with Crippen LogP contribution < -0.4 is 0 Å². The highest BCUT2D eigenvalue weighted by molar-refractivity contribution is 4.97. The number of hydrogen-bond acceptors (Lipinski definition) is 0. The Morgan fingerprint density at radius 3 is 1.57 bits per heavy atom. The van der Waals surface area contributed by atoms with Gasteiger partial charge in [-0.05, 0) is 6.07 Å². The molecule has 0 saturated heterocycles. The van der Waals surface area contributed by atoms with E-state index in [1.165, 1.54) is 0 Å². The molecule has 0 amide bonds. The molecule has 1 aromatic rings. The molecule has 1 heteroatoms. The lowest BCUT2D eigenvalue weighted by atomic mass is 10.4. The minimum Gasteiger partial charge on any atom is -0.412 e. The summed E-state index contributed by atoms with van der Waals surface area (Å²) in [7, 11) is 0. The largest absolute Gasteiger partial charge is 0.412 e. The maximum Gasteiger partial charge on any atom is -0.0184 e.